The minimum Gasteiger partial charge on any atom is -0.342 e. The zero-order valence-electron chi connectivity index (χ0n) is 15.0. The molecule has 128 valence electrons. The summed E-state index contributed by atoms with van der Waals surface area (Å²) in [5.41, 5.74) is 8.31. The van der Waals surface area contributed by atoms with Gasteiger partial charge in [0, 0.05) is 53.4 Å². The minimum absolute atomic E-state index is 0.474. The zero-order chi connectivity index (χ0) is 17.1. The van der Waals surface area contributed by atoms with Gasteiger partial charge in [0.15, 0.2) is 0 Å². The van der Waals surface area contributed by atoms with Crippen molar-refractivity contribution in [2.75, 3.05) is 13.6 Å². The van der Waals surface area contributed by atoms with Crippen molar-refractivity contribution in [3.8, 4) is 0 Å². The van der Waals surface area contributed by atoms with Crippen LogP contribution in [-0.2, 0) is 13.1 Å². The van der Waals surface area contributed by atoms with Crippen molar-refractivity contribution in [3.05, 3.63) is 64.6 Å². The molecule has 0 amide bonds. The molecular weight excluding hydrogens is 326 g/mol. The number of benzene rings is 1. The highest BCUT2D eigenvalue weighted by Gasteiger charge is 2.36. The molecule has 2 atom stereocenters. The fourth-order valence-corrected chi connectivity index (χ4v) is 6.03. The van der Waals surface area contributed by atoms with Crippen LogP contribution in [0.3, 0.4) is 0 Å². The van der Waals surface area contributed by atoms with Gasteiger partial charge in [-0.1, -0.05) is 17.7 Å². The summed E-state index contributed by atoms with van der Waals surface area (Å²) in [6.07, 6.45) is 2.07. The van der Waals surface area contributed by atoms with Gasteiger partial charge in [0.1, 0.15) is 0 Å². The lowest BCUT2D eigenvalue weighted by Gasteiger charge is -2.37. The average molecular weight is 350 g/mol. The highest BCUT2D eigenvalue weighted by Crippen LogP contribution is 2.51. The first-order valence-electron chi connectivity index (χ1n) is 8.98. The molecule has 0 N–H and O–H groups in total. The van der Waals surface area contributed by atoms with Gasteiger partial charge in [-0.2, -0.15) is 0 Å². The van der Waals surface area contributed by atoms with Gasteiger partial charge in [-0.15, -0.1) is 11.8 Å². The smallest absolute Gasteiger partial charge is 0.0587 e. The molecule has 3 aromatic rings. The summed E-state index contributed by atoms with van der Waals surface area (Å²) in [7, 11) is 2.25. The van der Waals surface area contributed by atoms with E-state index in [9.17, 15) is 0 Å². The number of aryl methyl sites for hydroxylation is 2. The van der Waals surface area contributed by atoms with E-state index in [1.54, 1.807) is 11.3 Å². The number of hydrogen-bond donors (Lipinski definition) is 0. The standard InChI is InChI=1S/C21H23N3S/c1-13-4-7-18-16(8-13)17-10-23(3)11-20-21(17)24(18)12-19(25-20)15-6-5-14(2)22-9-15/h4-9,19-20H,10-12H2,1-3H3. The Morgan fingerprint density at radius 1 is 1.08 bits per heavy atom. The monoisotopic (exact) mass is 349 g/mol. The molecule has 0 fully saturated rings. The van der Waals surface area contributed by atoms with E-state index in [4.69, 9.17) is 0 Å². The van der Waals surface area contributed by atoms with E-state index in [1.807, 2.05) is 0 Å². The number of nitrogens with zero attached hydrogens (tertiary/aromatic N) is 3. The molecule has 2 aromatic heterocycles. The maximum atomic E-state index is 4.54. The summed E-state index contributed by atoms with van der Waals surface area (Å²) in [5, 5.41) is 2.47. The molecule has 0 spiro atoms. The van der Waals surface area contributed by atoms with Gasteiger partial charge in [0.2, 0.25) is 0 Å². The Kier molecular flexibility index (Phi) is 3.47. The van der Waals surface area contributed by atoms with E-state index in [0.29, 0.717) is 10.5 Å². The molecule has 0 aliphatic carbocycles. The first-order valence-corrected chi connectivity index (χ1v) is 9.92. The lowest BCUT2D eigenvalue weighted by Crippen LogP contribution is -2.33. The van der Waals surface area contributed by atoms with Gasteiger partial charge in [-0.05, 0) is 50.2 Å². The summed E-state index contributed by atoms with van der Waals surface area (Å²) in [5.74, 6) is 0. The Morgan fingerprint density at radius 3 is 2.76 bits per heavy atom. The third-order valence-electron chi connectivity index (χ3n) is 5.56. The third-order valence-corrected chi connectivity index (χ3v) is 7.01. The van der Waals surface area contributed by atoms with Gasteiger partial charge in [0.25, 0.3) is 0 Å². The van der Waals surface area contributed by atoms with Crippen molar-refractivity contribution in [3.63, 3.8) is 0 Å². The third kappa shape index (κ3) is 2.42. The van der Waals surface area contributed by atoms with Crippen LogP contribution in [0.5, 0.6) is 0 Å². The Bertz CT molecular complexity index is 957. The van der Waals surface area contributed by atoms with Crippen molar-refractivity contribution in [1.82, 2.24) is 14.5 Å². The van der Waals surface area contributed by atoms with Gasteiger partial charge in [-0.3, -0.25) is 4.98 Å². The van der Waals surface area contributed by atoms with E-state index < -0.39 is 0 Å². The summed E-state index contributed by atoms with van der Waals surface area (Å²) in [4.78, 5) is 7.01. The normalized spacial score (nSPS) is 23.0. The zero-order valence-corrected chi connectivity index (χ0v) is 15.8. The Balaban J connectivity index is 1.68. The molecule has 0 saturated heterocycles. The fourth-order valence-electron chi connectivity index (χ4n) is 4.36. The van der Waals surface area contributed by atoms with Crippen LogP contribution in [0.4, 0.5) is 0 Å². The van der Waals surface area contributed by atoms with Crippen molar-refractivity contribution in [2.24, 2.45) is 0 Å². The molecule has 5 rings (SSSR count). The van der Waals surface area contributed by atoms with Crippen LogP contribution >= 0.6 is 11.8 Å². The highest BCUT2D eigenvalue weighted by atomic mass is 32.2. The lowest BCUT2D eigenvalue weighted by molar-refractivity contribution is 0.303. The number of rotatable bonds is 1. The Labute approximate surface area is 153 Å². The molecule has 4 heteroatoms. The van der Waals surface area contributed by atoms with E-state index in [-0.39, 0.29) is 0 Å². The summed E-state index contributed by atoms with van der Waals surface area (Å²) >= 11 is 2.12. The van der Waals surface area contributed by atoms with Crippen LogP contribution in [0.15, 0.2) is 36.5 Å². The molecule has 4 heterocycles. The van der Waals surface area contributed by atoms with Crippen LogP contribution in [0.25, 0.3) is 10.9 Å². The first kappa shape index (κ1) is 15.5. The molecule has 2 aliphatic heterocycles. The second-order valence-electron chi connectivity index (χ2n) is 7.54. The summed E-state index contributed by atoms with van der Waals surface area (Å²) in [6, 6.07) is 11.3. The quantitative estimate of drug-likeness (QED) is 0.639. The van der Waals surface area contributed by atoms with Gasteiger partial charge >= 0.3 is 0 Å². The van der Waals surface area contributed by atoms with Gasteiger partial charge in [0.05, 0.1) is 5.25 Å². The number of pyridine rings is 1. The molecule has 2 unspecified atom stereocenters. The van der Waals surface area contributed by atoms with E-state index in [2.05, 4.69) is 83.6 Å². The van der Waals surface area contributed by atoms with Gasteiger partial charge < -0.3 is 9.47 Å². The largest absolute Gasteiger partial charge is 0.342 e. The molecule has 0 saturated carbocycles. The van der Waals surface area contributed by atoms with E-state index in [1.165, 1.54) is 22.0 Å². The number of fused-ring (bicyclic) bond motifs is 3. The topological polar surface area (TPSA) is 21.1 Å². The summed E-state index contributed by atoms with van der Waals surface area (Å²) in [6.45, 7) is 7.49. The minimum atomic E-state index is 0.474. The van der Waals surface area contributed by atoms with Crippen LogP contribution in [0, 0.1) is 13.8 Å². The number of aromatic nitrogens is 2. The fraction of sp³-hybridized carbons (Fsp3) is 0.381. The van der Waals surface area contributed by atoms with Crippen molar-refractivity contribution < 1.29 is 0 Å². The maximum absolute atomic E-state index is 4.54. The maximum Gasteiger partial charge on any atom is 0.0587 e. The molecule has 0 bridgehead atoms. The van der Waals surface area contributed by atoms with Crippen LogP contribution in [0.1, 0.15) is 38.6 Å². The van der Waals surface area contributed by atoms with Crippen molar-refractivity contribution in [1.29, 1.82) is 0 Å². The Morgan fingerprint density at radius 2 is 1.96 bits per heavy atom. The molecule has 2 aliphatic rings. The van der Waals surface area contributed by atoms with Crippen molar-refractivity contribution in [2.45, 2.75) is 37.4 Å². The van der Waals surface area contributed by atoms with Crippen LogP contribution in [0.2, 0.25) is 0 Å². The summed E-state index contributed by atoms with van der Waals surface area (Å²) < 4.78 is 2.60. The highest BCUT2D eigenvalue weighted by molar-refractivity contribution is 7.99. The molecular formula is C21H23N3S. The second-order valence-corrected chi connectivity index (χ2v) is 8.95. The lowest BCUT2D eigenvalue weighted by atomic mass is 10.0. The number of likely N-dealkylation sites (N-methyl/N-ethyl adjacent to an activating group) is 1. The number of thioether (sulfide) groups is 1. The average Bonchev–Trinajstić information content (AvgIpc) is 2.89. The molecule has 3 nitrogen and oxygen atoms in total. The molecule has 25 heavy (non-hydrogen) atoms. The van der Waals surface area contributed by atoms with E-state index in [0.717, 1.165) is 25.3 Å². The predicted molar refractivity (Wildman–Crippen MR) is 105 cm³/mol. The first-order chi connectivity index (χ1) is 12.1. The van der Waals surface area contributed by atoms with Gasteiger partial charge in [-0.25, -0.2) is 0 Å². The number of hydrogen-bond acceptors (Lipinski definition) is 3. The van der Waals surface area contributed by atoms with Crippen LogP contribution < -0.4 is 0 Å². The predicted octanol–water partition coefficient (Wildman–Crippen LogP) is 4.63. The molecule has 1 aromatic carbocycles. The SMILES string of the molecule is Cc1ccc2c(c1)c1c3n2CC(c2ccc(C)nc2)SC3CN(C)C1. The van der Waals surface area contributed by atoms with Crippen LogP contribution in [-0.4, -0.2) is 28.0 Å². The Hall–Kier alpha value is -1.78. The molecule has 0 radical (unpaired) electrons. The second kappa shape index (κ2) is 5.61. The van der Waals surface area contributed by atoms with E-state index >= 15 is 0 Å². The van der Waals surface area contributed by atoms with Crippen molar-refractivity contribution >= 4 is 22.7 Å².